The first-order chi connectivity index (χ1) is 14.9. The van der Waals surface area contributed by atoms with Crippen molar-refractivity contribution in [2.75, 3.05) is 18.0 Å². The molecule has 1 aromatic carbocycles. The summed E-state index contributed by atoms with van der Waals surface area (Å²) in [6.45, 7) is 5.36. The molecule has 31 heavy (non-hydrogen) atoms. The normalized spacial score (nSPS) is 26.4. The highest BCUT2D eigenvalue weighted by atomic mass is 16.3. The summed E-state index contributed by atoms with van der Waals surface area (Å²) < 4.78 is 1.90. The quantitative estimate of drug-likeness (QED) is 0.704. The van der Waals surface area contributed by atoms with Crippen molar-refractivity contribution >= 4 is 16.7 Å². The van der Waals surface area contributed by atoms with Crippen LogP contribution in [-0.2, 0) is 5.41 Å². The molecule has 1 N–H and O–H groups in total. The van der Waals surface area contributed by atoms with Gasteiger partial charge < -0.3 is 10.0 Å². The van der Waals surface area contributed by atoms with Crippen molar-refractivity contribution < 1.29 is 5.11 Å². The Labute approximate surface area is 181 Å². The highest BCUT2D eigenvalue weighted by molar-refractivity contribution is 5.82. The molecule has 7 nitrogen and oxygen atoms in total. The van der Waals surface area contributed by atoms with Crippen LogP contribution in [0.15, 0.2) is 36.7 Å². The molecule has 158 valence electrons. The molecular weight excluding hydrogens is 388 g/mol. The molecule has 2 atom stereocenters. The summed E-state index contributed by atoms with van der Waals surface area (Å²) in [6, 6.07) is 10.9. The van der Waals surface area contributed by atoms with Crippen molar-refractivity contribution in [3.8, 4) is 11.8 Å². The van der Waals surface area contributed by atoms with Gasteiger partial charge in [-0.15, -0.1) is 5.10 Å². The van der Waals surface area contributed by atoms with E-state index in [9.17, 15) is 10.4 Å². The van der Waals surface area contributed by atoms with Crippen LogP contribution in [0, 0.1) is 22.7 Å². The number of nitriles is 1. The maximum atomic E-state index is 10.4. The lowest BCUT2D eigenvalue weighted by Gasteiger charge is -2.25. The largest absolute Gasteiger partial charge is 0.390 e. The lowest BCUT2D eigenvalue weighted by molar-refractivity contribution is 0.0263. The molecule has 6 rings (SSSR count). The molecule has 0 bridgehead atoms. The molecular formula is C24H26N6O. The molecule has 1 spiro atoms. The van der Waals surface area contributed by atoms with Crippen molar-refractivity contribution in [1.29, 1.82) is 5.26 Å². The Morgan fingerprint density at radius 2 is 2.06 bits per heavy atom. The monoisotopic (exact) mass is 414 g/mol. The van der Waals surface area contributed by atoms with E-state index in [0.717, 1.165) is 66.7 Å². The first kappa shape index (κ1) is 18.8. The van der Waals surface area contributed by atoms with Crippen molar-refractivity contribution in [1.82, 2.24) is 20.0 Å². The zero-order valence-electron chi connectivity index (χ0n) is 17.9. The van der Waals surface area contributed by atoms with Gasteiger partial charge in [-0.05, 0) is 56.6 Å². The average molecular weight is 415 g/mol. The summed E-state index contributed by atoms with van der Waals surface area (Å²) in [5, 5.41) is 34.5. The van der Waals surface area contributed by atoms with Crippen LogP contribution < -0.4 is 4.90 Å². The molecule has 2 aliphatic carbocycles. The molecule has 3 fully saturated rings. The summed E-state index contributed by atoms with van der Waals surface area (Å²) >= 11 is 0. The van der Waals surface area contributed by atoms with Gasteiger partial charge in [0, 0.05) is 30.5 Å². The van der Waals surface area contributed by atoms with Crippen molar-refractivity contribution in [2.24, 2.45) is 11.3 Å². The fraction of sp³-hybridized carbons (Fsp3) is 0.500. The first-order valence-electron chi connectivity index (χ1n) is 11.1. The van der Waals surface area contributed by atoms with Gasteiger partial charge in [0.25, 0.3) is 0 Å². The standard InChI is InChI=1S/C24H26N6O/c1-22(2,31)18-5-8-29(13-18)21-10-19(12-26-28-21)30-20-9-17(4-3-16(20)11-27-30)24(15-25)14-23(24)6-7-23/h3-4,9-12,18,31H,5-8,13-14H2,1-2H3/t18-,24?/m1/s1. The molecule has 3 aliphatic rings. The third-order valence-electron chi connectivity index (χ3n) is 7.88. The van der Waals surface area contributed by atoms with E-state index in [1.54, 1.807) is 6.20 Å². The van der Waals surface area contributed by atoms with Crippen LogP contribution in [0.5, 0.6) is 0 Å². The van der Waals surface area contributed by atoms with E-state index in [4.69, 9.17) is 0 Å². The van der Waals surface area contributed by atoms with E-state index >= 15 is 0 Å². The van der Waals surface area contributed by atoms with Gasteiger partial charge in [-0.3, -0.25) is 0 Å². The summed E-state index contributed by atoms with van der Waals surface area (Å²) in [4.78, 5) is 2.18. The van der Waals surface area contributed by atoms with E-state index in [0.29, 0.717) is 0 Å². The SMILES string of the molecule is CC(C)(O)[C@@H]1CCN(c2cc(-n3ncc4ccc(C5(C#N)CC56CC6)cc43)cnn2)C1. The lowest BCUT2D eigenvalue weighted by Crippen LogP contribution is -2.33. The predicted molar refractivity (Wildman–Crippen MR) is 117 cm³/mol. The number of rotatable bonds is 4. The second-order valence-electron chi connectivity index (χ2n) is 10.2. The Bertz CT molecular complexity index is 1230. The van der Waals surface area contributed by atoms with Gasteiger partial charge in [0.2, 0.25) is 0 Å². The molecule has 1 unspecified atom stereocenters. The third-order valence-corrected chi connectivity index (χ3v) is 7.88. The number of hydrogen-bond donors (Lipinski definition) is 1. The van der Waals surface area contributed by atoms with Crippen LogP contribution in [0.4, 0.5) is 5.82 Å². The Hall–Kier alpha value is -2.98. The van der Waals surface area contributed by atoms with Crippen molar-refractivity contribution in [2.45, 2.75) is 50.5 Å². The highest BCUT2D eigenvalue weighted by Gasteiger charge is 2.75. The van der Waals surface area contributed by atoms with E-state index in [-0.39, 0.29) is 16.7 Å². The summed E-state index contributed by atoms with van der Waals surface area (Å²) in [5.74, 6) is 1.01. The topological polar surface area (TPSA) is 90.9 Å². The Morgan fingerprint density at radius 1 is 1.23 bits per heavy atom. The fourth-order valence-corrected chi connectivity index (χ4v) is 5.50. The van der Waals surface area contributed by atoms with Crippen LogP contribution in [0.3, 0.4) is 0 Å². The number of aliphatic hydroxyl groups is 1. The summed E-state index contributed by atoms with van der Waals surface area (Å²) in [5.41, 5.74) is 2.16. The predicted octanol–water partition coefficient (Wildman–Crippen LogP) is 3.36. The zero-order valence-corrected chi connectivity index (χ0v) is 17.9. The smallest absolute Gasteiger partial charge is 0.153 e. The molecule has 0 amide bonds. The number of aromatic nitrogens is 4. The molecule has 1 saturated heterocycles. The van der Waals surface area contributed by atoms with Crippen molar-refractivity contribution in [3.63, 3.8) is 0 Å². The molecule has 7 heteroatoms. The molecule has 1 aliphatic heterocycles. The van der Waals surface area contributed by atoms with Crippen LogP contribution in [0.25, 0.3) is 16.6 Å². The van der Waals surface area contributed by atoms with Crippen LogP contribution in [0.1, 0.15) is 45.1 Å². The van der Waals surface area contributed by atoms with Crippen LogP contribution >= 0.6 is 0 Å². The first-order valence-corrected chi connectivity index (χ1v) is 11.1. The Kier molecular flexibility index (Phi) is 3.66. The van der Waals surface area contributed by atoms with Gasteiger partial charge in [0.05, 0.1) is 40.7 Å². The third kappa shape index (κ3) is 2.71. The molecule has 2 aromatic heterocycles. The van der Waals surface area contributed by atoms with Gasteiger partial charge in [0.15, 0.2) is 5.82 Å². The second kappa shape index (κ2) is 6.04. The number of anilines is 1. The van der Waals surface area contributed by atoms with E-state index in [1.807, 2.05) is 30.8 Å². The van der Waals surface area contributed by atoms with Crippen LogP contribution in [0.2, 0.25) is 0 Å². The maximum Gasteiger partial charge on any atom is 0.153 e. The van der Waals surface area contributed by atoms with E-state index in [1.165, 1.54) is 0 Å². The number of nitrogens with zero attached hydrogens (tertiary/aromatic N) is 6. The highest BCUT2D eigenvalue weighted by Crippen LogP contribution is 2.78. The minimum atomic E-state index is -0.702. The molecule has 3 heterocycles. The van der Waals surface area contributed by atoms with E-state index < -0.39 is 5.60 Å². The van der Waals surface area contributed by atoms with Crippen LogP contribution in [-0.4, -0.2) is 43.8 Å². The minimum absolute atomic E-state index is 0.210. The van der Waals surface area contributed by atoms with Gasteiger partial charge in [-0.25, -0.2) is 4.68 Å². The zero-order chi connectivity index (χ0) is 21.4. The Balaban J connectivity index is 1.35. The van der Waals surface area contributed by atoms with Gasteiger partial charge in [0.1, 0.15) is 0 Å². The van der Waals surface area contributed by atoms with Crippen molar-refractivity contribution in [3.05, 3.63) is 42.2 Å². The fourth-order valence-electron chi connectivity index (χ4n) is 5.50. The molecule has 2 saturated carbocycles. The maximum absolute atomic E-state index is 10.4. The van der Waals surface area contributed by atoms with Gasteiger partial charge >= 0.3 is 0 Å². The summed E-state index contributed by atoms with van der Waals surface area (Å²) in [6.07, 6.45) is 7.83. The van der Waals surface area contributed by atoms with E-state index in [2.05, 4.69) is 44.5 Å². The second-order valence-corrected chi connectivity index (χ2v) is 10.2. The number of hydrogen-bond acceptors (Lipinski definition) is 6. The number of benzene rings is 1. The number of fused-ring (bicyclic) bond motifs is 1. The molecule has 3 aromatic rings. The minimum Gasteiger partial charge on any atom is -0.390 e. The van der Waals surface area contributed by atoms with Gasteiger partial charge in [-0.2, -0.15) is 15.5 Å². The summed E-state index contributed by atoms with van der Waals surface area (Å²) in [7, 11) is 0. The molecule has 0 radical (unpaired) electrons. The van der Waals surface area contributed by atoms with Gasteiger partial charge in [-0.1, -0.05) is 12.1 Å². The average Bonchev–Trinajstić information content (AvgIpc) is 3.50. The lowest BCUT2D eigenvalue weighted by atomic mass is 9.90. The Morgan fingerprint density at radius 3 is 2.74 bits per heavy atom.